The van der Waals surface area contributed by atoms with Crippen molar-refractivity contribution >= 4 is 0 Å². The fourth-order valence-electron chi connectivity index (χ4n) is 2.94. The van der Waals surface area contributed by atoms with Gasteiger partial charge in [0.05, 0.1) is 0 Å². The van der Waals surface area contributed by atoms with Crippen LogP contribution in [0.5, 0.6) is 0 Å². The van der Waals surface area contributed by atoms with Crippen molar-refractivity contribution in [2.75, 3.05) is 0 Å². The molecule has 0 aromatic rings. The first-order valence-electron chi connectivity index (χ1n) is 9.91. The Morgan fingerprint density at radius 2 is 0.955 bits per heavy atom. The van der Waals surface area contributed by atoms with Crippen molar-refractivity contribution in [1.82, 2.24) is 0 Å². The van der Waals surface area contributed by atoms with Gasteiger partial charge in [0.1, 0.15) is 5.76 Å². The molecule has 2 heteroatoms. The number of aliphatic hydroxyl groups excluding tert-OH is 1. The maximum absolute atomic E-state index is 9.21. The third-order valence-electron chi connectivity index (χ3n) is 4.48. The van der Waals surface area contributed by atoms with Gasteiger partial charge in [0.15, 0.2) is 0 Å². The summed E-state index contributed by atoms with van der Waals surface area (Å²) < 4.78 is 0. The lowest BCUT2D eigenvalue weighted by Crippen LogP contribution is -1.88. The van der Waals surface area contributed by atoms with E-state index in [0.29, 0.717) is 5.76 Å². The normalized spacial score (nSPS) is 12.0. The molecule has 0 bridgehead atoms. The predicted molar refractivity (Wildman–Crippen MR) is 99.1 cm³/mol. The Morgan fingerprint density at radius 3 is 1.27 bits per heavy atom. The molecule has 0 aromatic carbocycles. The molecule has 0 aliphatic carbocycles. The van der Waals surface area contributed by atoms with E-state index in [-0.39, 0.29) is 0 Å². The Bertz CT molecular complexity index is 238. The fourth-order valence-corrected chi connectivity index (χ4v) is 2.94. The van der Waals surface area contributed by atoms with E-state index in [1.807, 2.05) is 0 Å². The largest absolute Gasteiger partial charge is 0.511 e. The van der Waals surface area contributed by atoms with Gasteiger partial charge in [0.25, 0.3) is 0 Å². The maximum Gasteiger partial charge on any atom is 0.108 e. The summed E-state index contributed by atoms with van der Waals surface area (Å²) in [5.41, 5.74) is 5.23. The van der Waals surface area contributed by atoms with Gasteiger partial charge in [-0.2, -0.15) is 0 Å². The van der Waals surface area contributed by atoms with Gasteiger partial charge in [0.2, 0.25) is 0 Å². The molecule has 0 aliphatic heterocycles. The summed E-state index contributed by atoms with van der Waals surface area (Å²) in [6, 6.07) is 0. The molecule has 0 unspecified atom stereocenters. The van der Waals surface area contributed by atoms with Crippen LogP contribution in [0.2, 0.25) is 0 Å². The molecule has 0 atom stereocenters. The van der Waals surface area contributed by atoms with E-state index in [9.17, 15) is 5.11 Å². The number of hydrogen-bond acceptors (Lipinski definition) is 2. The van der Waals surface area contributed by atoms with Crippen molar-refractivity contribution in [3.05, 3.63) is 12.0 Å². The van der Waals surface area contributed by atoms with E-state index in [1.54, 1.807) is 0 Å². The highest BCUT2D eigenvalue weighted by molar-refractivity contribution is 4.85. The molecule has 0 rings (SSSR count). The number of aliphatic hydroxyl groups is 1. The zero-order chi connectivity index (χ0) is 16.3. The minimum atomic E-state index is 0.338. The standard InChI is InChI=1S/C20H41NO/c1-2-3-4-5-6-7-8-9-10-11-12-13-14-15-16-17-18-20(22)19-21/h19,22H,2-18,21H2,1H3. The molecular formula is C20H41NO. The van der Waals surface area contributed by atoms with Gasteiger partial charge in [-0.25, -0.2) is 0 Å². The summed E-state index contributed by atoms with van der Waals surface area (Å²) in [7, 11) is 0. The molecule has 3 N–H and O–H groups in total. The summed E-state index contributed by atoms with van der Waals surface area (Å²) in [6.45, 7) is 2.28. The second-order valence-corrected chi connectivity index (χ2v) is 6.71. The van der Waals surface area contributed by atoms with Gasteiger partial charge in [-0.3, -0.25) is 0 Å². The molecule has 0 amide bonds. The third-order valence-corrected chi connectivity index (χ3v) is 4.48. The Morgan fingerprint density at radius 1 is 0.636 bits per heavy atom. The molecule has 0 heterocycles. The molecule has 0 spiro atoms. The quantitative estimate of drug-likeness (QED) is 0.224. The van der Waals surface area contributed by atoms with E-state index in [1.165, 1.54) is 103 Å². The Labute approximate surface area is 139 Å². The summed E-state index contributed by atoms with van der Waals surface area (Å²) in [4.78, 5) is 0. The van der Waals surface area contributed by atoms with Gasteiger partial charge < -0.3 is 10.8 Å². The fraction of sp³-hybridized carbons (Fsp3) is 0.900. The lowest BCUT2D eigenvalue weighted by atomic mass is 10.0. The van der Waals surface area contributed by atoms with Crippen LogP contribution in [0.25, 0.3) is 0 Å². The molecule has 2 nitrogen and oxygen atoms in total. The van der Waals surface area contributed by atoms with Crippen molar-refractivity contribution in [2.24, 2.45) is 5.73 Å². The zero-order valence-corrected chi connectivity index (χ0v) is 15.1. The van der Waals surface area contributed by atoms with E-state index in [0.717, 1.165) is 12.8 Å². The highest BCUT2D eigenvalue weighted by atomic mass is 16.3. The number of rotatable bonds is 17. The first-order valence-corrected chi connectivity index (χ1v) is 9.91. The van der Waals surface area contributed by atoms with E-state index >= 15 is 0 Å². The van der Waals surface area contributed by atoms with Gasteiger partial charge in [-0.15, -0.1) is 0 Å². The number of nitrogens with two attached hydrogens (primary N) is 1. The average molecular weight is 312 g/mol. The summed E-state index contributed by atoms with van der Waals surface area (Å²) in [6.07, 6.45) is 24.1. The highest BCUT2D eigenvalue weighted by Gasteiger charge is 1.95. The Kier molecular flexibility index (Phi) is 17.8. The minimum Gasteiger partial charge on any atom is -0.511 e. The Hall–Kier alpha value is -0.660. The lowest BCUT2D eigenvalue weighted by Gasteiger charge is -2.03. The van der Waals surface area contributed by atoms with Crippen LogP contribution in [0.15, 0.2) is 12.0 Å². The van der Waals surface area contributed by atoms with Crippen molar-refractivity contribution in [3.63, 3.8) is 0 Å². The van der Waals surface area contributed by atoms with Crippen molar-refractivity contribution in [3.8, 4) is 0 Å². The van der Waals surface area contributed by atoms with Gasteiger partial charge >= 0.3 is 0 Å². The maximum atomic E-state index is 9.21. The first-order chi connectivity index (χ1) is 10.8. The van der Waals surface area contributed by atoms with E-state index < -0.39 is 0 Å². The molecule has 0 saturated heterocycles. The van der Waals surface area contributed by atoms with Crippen molar-refractivity contribution < 1.29 is 5.11 Å². The smallest absolute Gasteiger partial charge is 0.108 e. The molecule has 0 aliphatic rings. The van der Waals surface area contributed by atoms with Crippen LogP contribution in [0, 0.1) is 0 Å². The van der Waals surface area contributed by atoms with Crippen LogP contribution in [0.3, 0.4) is 0 Å². The van der Waals surface area contributed by atoms with Crippen LogP contribution < -0.4 is 5.73 Å². The van der Waals surface area contributed by atoms with Crippen molar-refractivity contribution in [2.45, 2.75) is 116 Å². The zero-order valence-electron chi connectivity index (χ0n) is 15.1. The van der Waals surface area contributed by atoms with Gasteiger partial charge in [-0.05, 0) is 6.42 Å². The average Bonchev–Trinajstić information content (AvgIpc) is 2.54. The van der Waals surface area contributed by atoms with Gasteiger partial charge in [0, 0.05) is 12.6 Å². The molecule has 0 fully saturated rings. The first kappa shape index (κ1) is 21.3. The summed E-state index contributed by atoms with van der Waals surface area (Å²) in [5, 5.41) is 9.21. The molecule has 22 heavy (non-hydrogen) atoms. The summed E-state index contributed by atoms with van der Waals surface area (Å²) >= 11 is 0. The molecule has 0 saturated carbocycles. The summed E-state index contributed by atoms with van der Waals surface area (Å²) in [5.74, 6) is 0.338. The van der Waals surface area contributed by atoms with Crippen LogP contribution in [-0.2, 0) is 0 Å². The van der Waals surface area contributed by atoms with E-state index in [2.05, 4.69) is 6.92 Å². The number of unbranched alkanes of at least 4 members (excludes halogenated alkanes) is 15. The Balaban J connectivity index is 3.00. The lowest BCUT2D eigenvalue weighted by molar-refractivity contribution is 0.378. The molecule has 0 aromatic heterocycles. The number of hydrogen-bond donors (Lipinski definition) is 2. The monoisotopic (exact) mass is 311 g/mol. The van der Waals surface area contributed by atoms with Crippen LogP contribution >= 0.6 is 0 Å². The molecular weight excluding hydrogens is 270 g/mol. The highest BCUT2D eigenvalue weighted by Crippen LogP contribution is 2.14. The van der Waals surface area contributed by atoms with Crippen molar-refractivity contribution in [1.29, 1.82) is 0 Å². The SMILES string of the molecule is CCCCCCCCCCCCCCCCCCC(O)=CN. The third kappa shape index (κ3) is 17.4. The van der Waals surface area contributed by atoms with Crippen LogP contribution in [-0.4, -0.2) is 5.11 Å². The van der Waals surface area contributed by atoms with Crippen LogP contribution in [0.4, 0.5) is 0 Å². The van der Waals surface area contributed by atoms with Gasteiger partial charge in [-0.1, -0.05) is 103 Å². The number of allylic oxidation sites excluding steroid dienone is 1. The minimum absolute atomic E-state index is 0.338. The topological polar surface area (TPSA) is 46.2 Å². The second kappa shape index (κ2) is 18.4. The van der Waals surface area contributed by atoms with Crippen LogP contribution in [0.1, 0.15) is 116 Å². The predicted octanol–water partition coefficient (Wildman–Crippen LogP) is 7.00. The second-order valence-electron chi connectivity index (χ2n) is 6.71. The molecule has 132 valence electrons. The molecule has 0 radical (unpaired) electrons. The van der Waals surface area contributed by atoms with E-state index in [4.69, 9.17) is 5.73 Å².